The normalized spacial score (nSPS) is 15.9. The molecular weight excluding hydrogens is 314 g/mol. The van der Waals surface area contributed by atoms with Crippen LogP contribution >= 0.6 is 0 Å². The van der Waals surface area contributed by atoms with Gasteiger partial charge in [-0.3, -0.25) is 18.8 Å². The van der Waals surface area contributed by atoms with Crippen LogP contribution in [0.4, 0.5) is 0 Å². The van der Waals surface area contributed by atoms with Crippen LogP contribution in [-0.4, -0.2) is 68.6 Å². The predicted octanol–water partition coefficient (Wildman–Crippen LogP) is -2.16. The summed E-state index contributed by atoms with van der Waals surface area (Å²) in [6, 6.07) is 0. The summed E-state index contributed by atoms with van der Waals surface area (Å²) in [4.78, 5) is 30.6. The highest BCUT2D eigenvalue weighted by atomic mass is 16.5. The first-order valence-electron chi connectivity index (χ1n) is 7.88. The molecule has 3 heterocycles. The topological polar surface area (TPSA) is 107 Å². The zero-order chi connectivity index (χ0) is 17.1. The van der Waals surface area contributed by atoms with Gasteiger partial charge in [0.25, 0.3) is 5.56 Å². The van der Waals surface area contributed by atoms with Crippen LogP contribution in [0.15, 0.2) is 9.59 Å². The molecular formula is C14H21N7O3. The average molecular weight is 335 g/mol. The molecule has 0 saturated carbocycles. The number of rotatable bonds is 5. The lowest BCUT2D eigenvalue weighted by Gasteiger charge is -2.26. The predicted molar refractivity (Wildman–Crippen MR) is 86.8 cm³/mol. The molecule has 130 valence electrons. The van der Waals surface area contributed by atoms with E-state index in [1.165, 1.54) is 11.6 Å². The van der Waals surface area contributed by atoms with E-state index in [4.69, 9.17) is 4.74 Å². The van der Waals surface area contributed by atoms with Gasteiger partial charge in [-0.2, -0.15) is 0 Å². The van der Waals surface area contributed by atoms with Crippen molar-refractivity contribution in [2.45, 2.75) is 6.54 Å². The van der Waals surface area contributed by atoms with Gasteiger partial charge in [0, 0.05) is 40.3 Å². The Hall–Kier alpha value is -2.17. The maximum absolute atomic E-state index is 12.2. The highest BCUT2D eigenvalue weighted by Gasteiger charge is 2.13. The van der Waals surface area contributed by atoms with E-state index in [1.807, 2.05) is 0 Å². The fourth-order valence-electron chi connectivity index (χ4n) is 2.62. The third-order valence-corrected chi connectivity index (χ3v) is 4.10. The minimum Gasteiger partial charge on any atom is -0.379 e. The first kappa shape index (κ1) is 16.7. The molecule has 24 heavy (non-hydrogen) atoms. The minimum absolute atomic E-state index is 0.152. The van der Waals surface area contributed by atoms with Crippen molar-refractivity contribution in [3.05, 3.63) is 26.7 Å². The van der Waals surface area contributed by atoms with E-state index in [0.717, 1.165) is 44.0 Å². The molecule has 1 aliphatic heterocycles. The fraction of sp³-hybridized carbons (Fsp3) is 0.643. The van der Waals surface area contributed by atoms with E-state index in [-0.39, 0.29) is 11.2 Å². The molecule has 1 saturated heterocycles. The van der Waals surface area contributed by atoms with Gasteiger partial charge < -0.3 is 10.1 Å². The van der Waals surface area contributed by atoms with Gasteiger partial charge in [-0.1, -0.05) is 0 Å². The van der Waals surface area contributed by atoms with E-state index in [2.05, 4.69) is 25.4 Å². The summed E-state index contributed by atoms with van der Waals surface area (Å²) < 4.78 is 7.60. The summed E-state index contributed by atoms with van der Waals surface area (Å²) in [6.07, 6.45) is 0. The highest BCUT2D eigenvalue weighted by molar-refractivity contribution is 5.67. The van der Waals surface area contributed by atoms with Gasteiger partial charge in [-0.25, -0.2) is 9.78 Å². The molecule has 2 aromatic rings. The van der Waals surface area contributed by atoms with Crippen LogP contribution in [0.5, 0.6) is 0 Å². The lowest BCUT2D eigenvalue weighted by Crippen LogP contribution is -2.40. The summed E-state index contributed by atoms with van der Waals surface area (Å²) in [6.45, 7) is 5.56. The SMILES string of the molecule is Cn1c(=O)c2nc(CNCCN3CCOCC3)nnc2n(C)c1=O. The number of nitrogens with zero attached hydrogens (tertiary/aromatic N) is 6. The largest absolute Gasteiger partial charge is 0.379 e. The Kier molecular flexibility index (Phi) is 4.97. The van der Waals surface area contributed by atoms with Crippen molar-refractivity contribution in [2.24, 2.45) is 14.1 Å². The van der Waals surface area contributed by atoms with Gasteiger partial charge in [0.05, 0.1) is 19.8 Å². The molecule has 0 bridgehead atoms. The summed E-state index contributed by atoms with van der Waals surface area (Å²) in [5.41, 5.74) is -0.558. The van der Waals surface area contributed by atoms with Crippen LogP contribution in [0.1, 0.15) is 5.82 Å². The standard InChI is InChI=1S/C14H21N7O3/c1-19-12-11(13(22)20(2)14(19)23)16-10(17-18-12)9-15-3-4-21-5-7-24-8-6-21/h15H,3-9H2,1-2H3. The van der Waals surface area contributed by atoms with E-state index < -0.39 is 11.2 Å². The lowest BCUT2D eigenvalue weighted by molar-refractivity contribution is 0.0384. The molecule has 0 radical (unpaired) electrons. The molecule has 0 aliphatic carbocycles. The zero-order valence-corrected chi connectivity index (χ0v) is 13.9. The van der Waals surface area contributed by atoms with E-state index in [1.54, 1.807) is 7.05 Å². The van der Waals surface area contributed by atoms with Crippen molar-refractivity contribution in [3.8, 4) is 0 Å². The van der Waals surface area contributed by atoms with Crippen molar-refractivity contribution in [1.82, 2.24) is 34.5 Å². The maximum Gasteiger partial charge on any atom is 0.332 e. The molecule has 0 atom stereocenters. The van der Waals surface area contributed by atoms with Crippen LogP contribution < -0.4 is 16.6 Å². The summed E-state index contributed by atoms with van der Waals surface area (Å²) in [5.74, 6) is 0.431. The van der Waals surface area contributed by atoms with Gasteiger partial charge in [0.2, 0.25) is 0 Å². The van der Waals surface area contributed by atoms with Gasteiger partial charge in [0.1, 0.15) is 0 Å². The Morgan fingerprint density at radius 3 is 2.62 bits per heavy atom. The Bertz CT molecular complexity index is 839. The van der Waals surface area contributed by atoms with Crippen molar-refractivity contribution < 1.29 is 4.74 Å². The van der Waals surface area contributed by atoms with Crippen LogP contribution in [-0.2, 0) is 25.4 Å². The average Bonchev–Trinajstić information content (AvgIpc) is 2.62. The number of hydrogen-bond acceptors (Lipinski definition) is 8. The lowest BCUT2D eigenvalue weighted by atomic mass is 10.4. The molecule has 3 rings (SSSR count). The smallest absolute Gasteiger partial charge is 0.332 e. The van der Waals surface area contributed by atoms with Gasteiger partial charge in [-0.05, 0) is 0 Å². The zero-order valence-electron chi connectivity index (χ0n) is 13.9. The molecule has 0 spiro atoms. The number of nitrogens with one attached hydrogen (secondary N) is 1. The Morgan fingerprint density at radius 1 is 1.12 bits per heavy atom. The molecule has 1 fully saturated rings. The molecule has 0 unspecified atom stereocenters. The Labute approximate surface area is 138 Å². The number of aromatic nitrogens is 5. The monoisotopic (exact) mass is 335 g/mol. The van der Waals surface area contributed by atoms with E-state index >= 15 is 0 Å². The number of morpholine rings is 1. The summed E-state index contributed by atoms with van der Waals surface area (Å²) >= 11 is 0. The van der Waals surface area contributed by atoms with Crippen LogP contribution in [0.2, 0.25) is 0 Å². The van der Waals surface area contributed by atoms with Gasteiger partial charge in [-0.15, -0.1) is 10.2 Å². The molecule has 1 aliphatic rings. The van der Waals surface area contributed by atoms with Crippen LogP contribution in [0.3, 0.4) is 0 Å². The number of aryl methyl sites for hydroxylation is 1. The Balaban J connectivity index is 1.67. The van der Waals surface area contributed by atoms with E-state index in [9.17, 15) is 9.59 Å². The Morgan fingerprint density at radius 2 is 1.88 bits per heavy atom. The number of fused-ring (bicyclic) bond motifs is 1. The third kappa shape index (κ3) is 3.35. The van der Waals surface area contributed by atoms with Crippen molar-refractivity contribution >= 4 is 11.2 Å². The third-order valence-electron chi connectivity index (χ3n) is 4.10. The summed E-state index contributed by atoms with van der Waals surface area (Å²) in [7, 11) is 2.97. The molecule has 2 aromatic heterocycles. The number of ether oxygens (including phenoxy) is 1. The quantitative estimate of drug-likeness (QED) is 0.616. The molecule has 10 heteroatoms. The molecule has 0 aromatic carbocycles. The maximum atomic E-state index is 12.2. The molecule has 0 amide bonds. The second-order valence-electron chi connectivity index (χ2n) is 5.74. The van der Waals surface area contributed by atoms with Gasteiger partial charge in [0.15, 0.2) is 17.0 Å². The van der Waals surface area contributed by atoms with Crippen molar-refractivity contribution in [2.75, 3.05) is 39.4 Å². The van der Waals surface area contributed by atoms with Gasteiger partial charge >= 0.3 is 5.69 Å². The van der Waals surface area contributed by atoms with Crippen LogP contribution in [0, 0.1) is 0 Å². The molecule has 1 N–H and O–H groups in total. The van der Waals surface area contributed by atoms with E-state index in [0.29, 0.717) is 12.4 Å². The first-order chi connectivity index (χ1) is 11.6. The highest BCUT2D eigenvalue weighted by Crippen LogP contribution is 2.00. The second-order valence-corrected chi connectivity index (χ2v) is 5.74. The second kappa shape index (κ2) is 7.16. The van der Waals surface area contributed by atoms with Crippen molar-refractivity contribution in [1.29, 1.82) is 0 Å². The first-order valence-corrected chi connectivity index (χ1v) is 7.88. The summed E-state index contributed by atoms with van der Waals surface area (Å²) in [5, 5.41) is 11.2. The minimum atomic E-state index is -0.461. The fourth-order valence-corrected chi connectivity index (χ4v) is 2.62. The molecule has 10 nitrogen and oxygen atoms in total. The van der Waals surface area contributed by atoms with Crippen molar-refractivity contribution in [3.63, 3.8) is 0 Å². The number of hydrogen-bond donors (Lipinski definition) is 1. The van der Waals surface area contributed by atoms with Crippen LogP contribution in [0.25, 0.3) is 11.2 Å².